The van der Waals surface area contributed by atoms with Crippen molar-refractivity contribution in [3.63, 3.8) is 0 Å². The molecule has 0 radical (unpaired) electrons. The van der Waals surface area contributed by atoms with Crippen LogP contribution in [0.5, 0.6) is 0 Å². The van der Waals surface area contributed by atoms with Gasteiger partial charge in [0.15, 0.2) is 0 Å². The summed E-state index contributed by atoms with van der Waals surface area (Å²) in [6.07, 6.45) is 3.14. The van der Waals surface area contributed by atoms with Gasteiger partial charge in [0, 0.05) is 25.8 Å². The maximum Gasteiger partial charge on any atom is 0.287 e. The number of hydrogen-bond acceptors (Lipinski definition) is 5. The van der Waals surface area contributed by atoms with Gasteiger partial charge < -0.3 is 10.0 Å². The molecule has 17 heavy (non-hydrogen) atoms. The van der Waals surface area contributed by atoms with Crippen molar-refractivity contribution < 1.29 is 10.0 Å². The molecule has 1 fully saturated rings. The Labute approximate surface area is 99.0 Å². The van der Waals surface area contributed by atoms with Crippen LogP contribution in [0, 0.1) is 16.0 Å². The summed E-state index contributed by atoms with van der Waals surface area (Å²) in [7, 11) is 0. The summed E-state index contributed by atoms with van der Waals surface area (Å²) in [5.41, 5.74) is 0.0138. The molecule has 1 aliphatic heterocycles. The van der Waals surface area contributed by atoms with E-state index in [1.807, 2.05) is 0 Å². The Kier molecular flexibility index (Phi) is 3.53. The fourth-order valence-electron chi connectivity index (χ4n) is 2.13. The van der Waals surface area contributed by atoms with E-state index < -0.39 is 4.92 Å². The molecule has 0 amide bonds. The van der Waals surface area contributed by atoms with E-state index in [1.165, 1.54) is 12.3 Å². The molecule has 1 aromatic heterocycles. The lowest BCUT2D eigenvalue weighted by Crippen LogP contribution is -2.20. The van der Waals surface area contributed by atoms with Gasteiger partial charge in [0.2, 0.25) is 0 Å². The van der Waals surface area contributed by atoms with E-state index in [0.717, 1.165) is 31.7 Å². The lowest BCUT2D eigenvalue weighted by molar-refractivity contribution is -0.385. The van der Waals surface area contributed by atoms with Crippen LogP contribution in [0.25, 0.3) is 0 Å². The van der Waals surface area contributed by atoms with Crippen LogP contribution >= 0.6 is 0 Å². The molecule has 0 bridgehead atoms. The van der Waals surface area contributed by atoms with Crippen molar-refractivity contribution in [1.29, 1.82) is 0 Å². The molecular formula is C11H15N3O3. The van der Waals surface area contributed by atoms with Crippen molar-refractivity contribution in [3.05, 3.63) is 28.4 Å². The molecule has 0 saturated carbocycles. The van der Waals surface area contributed by atoms with Crippen molar-refractivity contribution in [2.24, 2.45) is 5.92 Å². The zero-order chi connectivity index (χ0) is 12.3. The van der Waals surface area contributed by atoms with Crippen molar-refractivity contribution in [1.82, 2.24) is 4.98 Å². The average Bonchev–Trinajstić information content (AvgIpc) is 2.78. The summed E-state index contributed by atoms with van der Waals surface area (Å²) in [5, 5.41) is 19.4. The second-order valence-corrected chi connectivity index (χ2v) is 4.24. The molecule has 1 unspecified atom stereocenters. The lowest BCUT2D eigenvalue weighted by atomic mass is 10.1. The Balaban J connectivity index is 2.01. The van der Waals surface area contributed by atoms with Gasteiger partial charge in [-0.05, 0) is 24.8 Å². The molecule has 0 aliphatic carbocycles. The summed E-state index contributed by atoms with van der Waals surface area (Å²) in [6.45, 7) is 1.98. The van der Waals surface area contributed by atoms with Crippen LogP contribution < -0.4 is 4.90 Å². The number of aliphatic hydroxyl groups is 1. The first-order valence-corrected chi connectivity index (χ1v) is 5.67. The number of rotatable bonds is 4. The third-order valence-electron chi connectivity index (χ3n) is 3.09. The summed E-state index contributed by atoms with van der Waals surface area (Å²) in [6, 6.07) is 3.15. The smallest absolute Gasteiger partial charge is 0.287 e. The number of anilines is 1. The Morgan fingerprint density at radius 1 is 1.59 bits per heavy atom. The van der Waals surface area contributed by atoms with Crippen molar-refractivity contribution >= 4 is 11.5 Å². The van der Waals surface area contributed by atoms with Crippen molar-refractivity contribution in [2.45, 2.75) is 12.8 Å². The van der Waals surface area contributed by atoms with E-state index in [-0.39, 0.29) is 12.3 Å². The SMILES string of the molecule is O=[N+]([O-])c1ccc(N2CCC(CCO)C2)nc1. The molecule has 2 heterocycles. The number of pyridine rings is 1. The highest BCUT2D eigenvalue weighted by molar-refractivity contribution is 5.43. The van der Waals surface area contributed by atoms with Crippen molar-refractivity contribution in [2.75, 3.05) is 24.6 Å². The van der Waals surface area contributed by atoms with E-state index in [4.69, 9.17) is 5.11 Å². The Morgan fingerprint density at radius 3 is 3.00 bits per heavy atom. The van der Waals surface area contributed by atoms with Gasteiger partial charge >= 0.3 is 0 Å². The van der Waals surface area contributed by atoms with Gasteiger partial charge in [-0.1, -0.05) is 0 Å². The maximum atomic E-state index is 10.5. The molecule has 1 N–H and O–H groups in total. The summed E-state index contributed by atoms with van der Waals surface area (Å²) in [4.78, 5) is 16.2. The predicted molar refractivity (Wildman–Crippen MR) is 62.9 cm³/mol. The van der Waals surface area contributed by atoms with E-state index in [2.05, 4.69) is 9.88 Å². The minimum atomic E-state index is -0.449. The molecular weight excluding hydrogens is 222 g/mol. The van der Waals surface area contributed by atoms with Crippen LogP contribution in [0.3, 0.4) is 0 Å². The van der Waals surface area contributed by atoms with Gasteiger partial charge in [-0.25, -0.2) is 4.98 Å². The van der Waals surface area contributed by atoms with Gasteiger partial charge in [-0.2, -0.15) is 0 Å². The summed E-state index contributed by atoms with van der Waals surface area (Å²) < 4.78 is 0. The normalized spacial score (nSPS) is 19.6. The molecule has 1 saturated heterocycles. The molecule has 1 aliphatic rings. The summed E-state index contributed by atoms with van der Waals surface area (Å²) >= 11 is 0. The number of hydrogen-bond donors (Lipinski definition) is 1. The van der Waals surface area contributed by atoms with Crippen LogP contribution in [0.15, 0.2) is 18.3 Å². The quantitative estimate of drug-likeness (QED) is 0.628. The average molecular weight is 237 g/mol. The van der Waals surface area contributed by atoms with E-state index in [1.54, 1.807) is 6.07 Å². The maximum absolute atomic E-state index is 10.5. The van der Waals surface area contributed by atoms with Gasteiger partial charge in [0.05, 0.1) is 4.92 Å². The number of nitro groups is 1. The molecule has 1 aromatic rings. The third-order valence-corrected chi connectivity index (χ3v) is 3.09. The minimum Gasteiger partial charge on any atom is -0.396 e. The highest BCUT2D eigenvalue weighted by Crippen LogP contribution is 2.24. The van der Waals surface area contributed by atoms with Gasteiger partial charge in [-0.3, -0.25) is 10.1 Å². The number of aliphatic hydroxyl groups excluding tert-OH is 1. The van der Waals surface area contributed by atoms with E-state index in [0.29, 0.717) is 5.92 Å². The van der Waals surface area contributed by atoms with Gasteiger partial charge in [0.25, 0.3) is 5.69 Å². The second kappa shape index (κ2) is 5.09. The van der Waals surface area contributed by atoms with E-state index >= 15 is 0 Å². The lowest BCUT2D eigenvalue weighted by Gasteiger charge is -2.16. The largest absolute Gasteiger partial charge is 0.396 e. The van der Waals surface area contributed by atoms with Gasteiger partial charge in [-0.15, -0.1) is 0 Å². The first-order valence-electron chi connectivity index (χ1n) is 5.67. The first-order chi connectivity index (χ1) is 8.20. The molecule has 0 spiro atoms. The zero-order valence-electron chi connectivity index (χ0n) is 9.45. The fourth-order valence-corrected chi connectivity index (χ4v) is 2.13. The van der Waals surface area contributed by atoms with E-state index in [9.17, 15) is 10.1 Å². The predicted octanol–water partition coefficient (Wildman–Crippen LogP) is 1.20. The molecule has 0 aromatic carbocycles. The van der Waals surface area contributed by atoms with Crippen molar-refractivity contribution in [3.8, 4) is 0 Å². The Hall–Kier alpha value is -1.69. The summed E-state index contributed by atoms with van der Waals surface area (Å²) in [5.74, 6) is 1.27. The number of aromatic nitrogens is 1. The molecule has 6 heteroatoms. The first kappa shape index (κ1) is 11.8. The Morgan fingerprint density at radius 2 is 2.41 bits per heavy atom. The van der Waals surface area contributed by atoms with Crippen LogP contribution in [0.1, 0.15) is 12.8 Å². The highest BCUT2D eigenvalue weighted by Gasteiger charge is 2.23. The minimum absolute atomic E-state index is 0.0138. The monoisotopic (exact) mass is 237 g/mol. The molecule has 92 valence electrons. The number of nitrogens with zero attached hydrogens (tertiary/aromatic N) is 3. The third kappa shape index (κ3) is 2.71. The zero-order valence-corrected chi connectivity index (χ0v) is 9.45. The van der Waals surface area contributed by atoms with Crippen LogP contribution in [-0.4, -0.2) is 34.7 Å². The topological polar surface area (TPSA) is 79.5 Å². The highest BCUT2D eigenvalue weighted by atomic mass is 16.6. The molecule has 1 atom stereocenters. The van der Waals surface area contributed by atoms with Gasteiger partial charge in [0.1, 0.15) is 12.0 Å². The van der Waals surface area contributed by atoms with Crippen LogP contribution in [0.2, 0.25) is 0 Å². The molecule has 6 nitrogen and oxygen atoms in total. The second-order valence-electron chi connectivity index (χ2n) is 4.24. The van der Waals surface area contributed by atoms with Crippen LogP contribution in [0.4, 0.5) is 11.5 Å². The Bertz CT molecular complexity index is 393. The standard InChI is InChI=1S/C11H15N3O3/c15-6-4-9-3-5-13(8-9)11-2-1-10(7-12-11)14(16)17/h1-2,7,9,15H,3-6,8H2. The molecule has 2 rings (SSSR count). The fraction of sp³-hybridized carbons (Fsp3) is 0.545. The van der Waals surface area contributed by atoms with Crippen LogP contribution in [-0.2, 0) is 0 Å².